The minimum atomic E-state index is -0.695. The van der Waals surface area contributed by atoms with Crippen molar-refractivity contribution in [2.24, 2.45) is 0 Å². The van der Waals surface area contributed by atoms with Gasteiger partial charge in [-0.1, -0.05) is 28.1 Å². The molecular weight excluding hydrogens is 346 g/mol. The van der Waals surface area contributed by atoms with Gasteiger partial charge in [0.2, 0.25) is 0 Å². The third-order valence-corrected chi connectivity index (χ3v) is 3.45. The molecule has 0 bridgehead atoms. The predicted octanol–water partition coefficient (Wildman–Crippen LogP) is 3.83. The third-order valence-electron chi connectivity index (χ3n) is 2.92. The highest BCUT2D eigenvalue weighted by Gasteiger charge is 2.16. The van der Waals surface area contributed by atoms with Crippen LogP contribution >= 0.6 is 15.9 Å². The van der Waals surface area contributed by atoms with Crippen molar-refractivity contribution in [1.82, 2.24) is 0 Å². The lowest BCUT2D eigenvalue weighted by atomic mass is 10.2. The zero-order valence-electron chi connectivity index (χ0n) is 12.0. The zero-order valence-corrected chi connectivity index (χ0v) is 13.5. The number of ether oxygens (including phenoxy) is 2. The first kappa shape index (κ1) is 16.1. The van der Waals surface area contributed by atoms with E-state index >= 15 is 0 Å². The molecule has 0 saturated heterocycles. The molecule has 0 N–H and O–H groups in total. The maximum absolute atomic E-state index is 11.9. The number of carbonyl (C=O) groups is 1. The van der Waals surface area contributed by atoms with Crippen LogP contribution in [0.15, 0.2) is 53.0 Å². The van der Waals surface area contributed by atoms with E-state index in [9.17, 15) is 4.79 Å². The molecule has 5 heteroatoms. The molecule has 0 aliphatic rings. The molecule has 22 heavy (non-hydrogen) atoms. The first-order valence-electron chi connectivity index (χ1n) is 6.66. The SMILES string of the molecule is C[C@@H](Oc1ccc(Br)cc1)C(=O)OCc1ccc(C#N)cc1. The molecule has 2 aromatic carbocycles. The van der Waals surface area contributed by atoms with E-state index in [1.54, 1.807) is 43.3 Å². The molecule has 2 aromatic rings. The van der Waals surface area contributed by atoms with Gasteiger partial charge in [-0.05, 0) is 48.9 Å². The molecular formula is C17H14BrNO3. The minimum absolute atomic E-state index is 0.151. The summed E-state index contributed by atoms with van der Waals surface area (Å²) >= 11 is 3.33. The highest BCUT2D eigenvalue weighted by atomic mass is 79.9. The highest BCUT2D eigenvalue weighted by molar-refractivity contribution is 9.10. The summed E-state index contributed by atoms with van der Waals surface area (Å²) in [5.74, 6) is 0.165. The number of nitriles is 1. The second kappa shape index (κ2) is 7.62. The molecule has 0 aliphatic carbocycles. The predicted molar refractivity (Wildman–Crippen MR) is 85.2 cm³/mol. The maximum Gasteiger partial charge on any atom is 0.347 e. The molecule has 0 aliphatic heterocycles. The third kappa shape index (κ3) is 4.61. The van der Waals surface area contributed by atoms with E-state index in [2.05, 4.69) is 15.9 Å². The fraction of sp³-hybridized carbons (Fsp3) is 0.176. The quantitative estimate of drug-likeness (QED) is 0.761. The molecule has 112 valence electrons. The topological polar surface area (TPSA) is 59.3 Å². The molecule has 0 aromatic heterocycles. The van der Waals surface area contributed by atoms with Crippen LogP contribution in [0, 0.1) is 11.3 Å². The van der Waals surface area contributed by atoms with Crippen molar-refractivity contribution in [3.05, 3.63) is 64.1 Å². The van der Waals surface area contributed by atoms with E-state index < -0.39 is 12.1 Å². The fourth-order valence-corrected chi connectivity index (χ4v) is 1.98. The van der Waals surface area contributed by atoms with E-state index in [0.29, 0.717) is 11.3 Å². The number of nitrogens with zero attached hydrogens (tertiary/aromatic N) is 1. The molecule has 0 saturated carbocycles. The zero-order chi connectivity index (χ0) is 15.9. The van der Waals surface area contributed by atoms with Crippen LogP contribution in [0.2, 0.25) is 0 Å². The number of carbonyl (C=O) groups excluding carboxylic acids is 1. The standard InChI is InChI=1S/C17H14BrNO3/c1-12(22-16-8-6-15(18)7-9-16)17(20)21-11-14-4-2-13(10-19)3-5-14/h2-9,12H,11H2,1H3/t12-/m1/s1. The van der Waals surface area contributed by atoms with Crippen molar-refractivity contribution in [3.8, 4) is 11.8 Å². The Labute approximate surface area is 137 Å². The lowest BCUT2D eigenvalue weighted by Crippen LogP contribution is -2.26. The average Bonchev–Trinajstić information content (AvgIpc) is 2.55. The summed E-state index contributed by atoms with van der Waals surface area (Å²) in [5, 5.41) is 8.72. The van der Waals surface area contributed by atoms with E-state index in [1.165, 1.54) is 0 Å². The van der Waals surface area contributed by atoms with Crippen molar-refractivity contribution >= 4 is 21.9 Å². The normalized spacial score (nSPS) is 11.3. The van der Waals surface area contributed by atoms with Gasteiger partial charge in [0.15, 0.2) is 6.10 Å². The van der Waals surface area contributed by atoms with Crippen LogP contribution < -0.4 is 4.74 Å². The number of benzene rings is 2. The summed E-state index contributed by atoms with van der Waals surface area (Å²) in [6, 6.07) is 16.1. The van der Waals surface area contributed by atoms with Gasteiger partial charge in [-0.2, -0.15) is 5.26 Å². The van der Waals surface area contributed by atoms with Crippen LogP contribution in [0.1, 0.15) is 18.1 Å². The lowest BCUT2D eigenvalue weighted by Gasteiger charge is -2.14. The Balaban J connectivity index is 1.85. The number of esters is 1. The monoisotopic (exact) mass is 359 g/mol. The summed E-state index contributed by atoms with van der Waals surface area (Å²) in [6.07, 6.45) is -0.695. The molecule has 0 amide bonds. The Bertz CT molecular complexity index is 675. The second-order valence-electron chi connectivity index (χ2n) is 4.63. The molecule has 4 nitrogen and oxygen atoms in total. The van der Waals surface area contributed by atoms with Crippen molar-refractivity contribution in [1.29, 1.82) is 5.26 Å². The largest absolute Gasteiger partial charge is 0.479 e. The molecule has 0 heterocycles. The average molecular weight is 360 g/mol. The number of halogens is 1. The van der Waals surface area contributed by atoms with E-state index in [-0.39, 0.29) is 6.61 Å². The van der Waals surface area contributed by atoms with Crippen LogP contribution in [0.3, 0.4) is 0 Å². The van der Waals surface area contributed by atoms with Crippen molar-refractivity contribution in [3.63, 3.8) is 0 Å². The number of hydrogen-bond donors (Lipinski definition) is 0. The van der Waals surface area contributed by atoms with Gasteiger partial charge in [-0.15, -0.1) is 0 Å². The Hall–Kier alpha value is -2.32. The molecule has 0 spiro atoms. The smallest absolute Gasteiger partial charge is 0.347 e. The Morgan fingerprint density at radius 2 is 1.82 bits per heavy atom. The van der Waals surface area contributed by atoms with Gasteiger partial charge in [0, 0.05) is 4.47 Å². The van der Waals surface area contributed by atoms with E-state index in [0.717, 1.165) is 10.0 Å². The minimum Gasteiger partial charge on any atom is -0.479 e. The van der Waals surface area contributed by atoms with Crippen molar-refractivity contribution in [2.45, 2.75) is 19.6 Å². The highest BCUT2D eigenvalue weighted by Crippen LogP contribution is 2.17. The number of hydrogen-bond acceptors (Lipinski definition) is 4. The van der Waals surface area contributed by atoms with Crippen LogP contribution in [-0.2, 0) is 16.1 Å². The number of rotatable bonds is 5. The van der Waals surface area contributed by atoms with Gasteiger partial charge in [0.05, 0.1) is 11.6 Å². The Morgan fingerprint density at radius 3 is 2.41 bits per heavy atom. The van der Waals surface area contributed by atoms with Gasteiger partial charge >= 0.3 is 5.97 Å². The van der Waals surface area contributed by atoms with E-state index in [4.69, 9.17) is 14.7 Å². The molecule has 0 unspecified atom stereocenters. The lowest BCUT2D eigenvalue weighted by molar-refractivity contribution is -0.152. The van der Waals surface area contributed by atoms with Gasteiger partial charge in [0.25, 0.3) is 0 Å². The van der Waals surface area contributed by atoms with Crippen LogP contribution in [0.25, 0.3) is 0 Å². The Kier molecular flexibility index (Phi) is 5.56. The van der Waals surface area contributed by atoms with Crippen molar-refractivity contribution in [2.75, 3.05) is 0 Å². The first-order chi connectivity index (χ1) is 10.6. The van der Waals surface area contributed by atoms with Gasteiger partial charge in [-0.25, -0.2) is 4.79 Å². The molecule has 2 rings (SSSR count). The van der Waals surface area contributed by atoms with Crippen LogP contribution in [0.4, 0.5) is 0 Å². The summed E-state index contributed by atoms with van der Waals surface area (Å²) in [5.41, 5.74) is 1.39. The summed E-state index contributed by atoms with van der Waals surface area (Å²) in [6.45, 7) is 1.79. The molecule has 1 atom stereocenters. The molecule has 0 fully saturated rings. The Morgan fingerprint density at radius 1 is 1.18 bits per heavy atom. The van der Waals surface area contributed by atoms with Crippen LogP contribution in [0.5, 0.6) is 5.75 Å². The van der Waals surface area contributed by atoms with Gasteiger partial charge in [0.1, 0.15) is 12.4 Å². The van der Waals surface area contributed by atoms with Crippen molar-refractivity contribution < 1.29 is 14.3 Å². The second-order valence-corrected chi connectivity index (χ2v) is 5.55. The van der Waals surface area contributed by atoms with E-state index in [1.807, 2.05) is 18.2 Å². The fourth-order valence-electron chi connectivity index (χ4n) is 1.71. The molecule has 0 radical (unpaired) electrons. The first-order valence-corrected chi connectivity index (χ1v) is 7.45. The summed E-state index contributed by atoms with van der Waals surface area (Å²) in [4.78, 5) is 11.9. The van der Waals surface area contributed by atoms with Gasteiger partial charge < -0.3 is 9.47 Å². The van der Waals surface area contributed by atoms with Crippen LogP contribution in [-0.4, -0.2) is 12.1 Å². The summed E-state index contributed by atoms with van der Waals surface area (Å²) < 4.78 is 11.7. The maximum atomic E-state index is 11.9. The summed E-state index contributed by atoms with van der Waals surface area (Å²) in [7, 11) is 0. The van der Waals surface area contributed by atoms with Gasteiger partial charge in [-0.3, -0.25) is 0 Å².